The zero-order chi connectivity index (χ0) is 12.5. The molecule has 1 heterocycles. The third-order valence-electron chi connectivity index (χ3n) is 2.18. The molecule has 0 saturated carbocycles. The van der Waals surface area contributed by atoms with Crippen LogP contribution in [0.3, 0.4) is 0 Å². The molecule has 5 atom stereocenters. The second kappa shape index (κ2) is 6.73. The molecule has 1 rings (SSSR count). The largest absolute Gasteiger partial charge is 1.00 e. The van der Waals surface area contributed by atoms with E-state index in [2.05, 4.69) is 4.74 Å². The molecular formula is C6H12NNaO8S. The minimum Gasteiger partial charge on any atom is -0.735 e. The van der Waals surface area contributed by atoms with Gasteiger partial charge in [-0.1, -0.05) is 0 Å². The molecule has 1 saturated heterocycles. The summed E-state index contributed by atoms with van der Waals surface area (Å²) in [6, 6.07) is -1.68. The van der Waals surface area contributed by atoms with Crippen LogP contribution < -0.4 is 34.3 Å². The molecule has 0 aromatic rings. The van der Waals surface area contributed by atoms with Crippen LogP contribution in [0.4, 0.5) is 0 Å². The van der Waals surface area contributed by atoms with Gasteiger partial charge in [-0.2, -0.15) is 0 Å². The Morgan fingerprint density at radius 2 is 1.76 bits per heavy atom. The van der Waals surface area contributed by atoms with Crippen molar-refractivity contribution >= 4 is 10.3 Å². The number of aliphatic hydroxyl groups excluding tert-OH is 4. The van der Waals surface area contributed by atoms with E-state index in [9.17, 15) is 28.3 Å². The van der Waals surface area contributed by atoms with Crippen molar-refractivity contribution in [1.29, 1.82) is 0 Å². The molecule has 0 aromatic carbocycles. The summed E-state index contributed by atoms with van der Waals surface area (Å²) >= 11 is 0. The Balaban J connectivity index is 0.00000256. The van der Waals surface area contributed by atoms with E-state index in [4.69, 9.17) is 5.11 Å². The monoisotopic (exact) mass is 281 g/mol. The molecule has 0 bridgehead atoms. The molecule has 0 unspecified atom stereocenters. The van der Waals surface area contributed by atoms with E-state index in [-0.39, 0.29) is 29.6 Å². The molecule has 9 nitrogen and oxygen atoms in total. The van der Waals surface area contributed by atoms with E-state index < -0.39 is 47.6 Å². The van der Waals surface area contributed by atoms with Crippen LogP contribution in [0.15, 0.2) is 0 Å². The summed E-state index contributed by atoms with van der Waals surface area (Å²) in [5.41, 5.74) is 0. The molecule has 11 heteroatoms. The molecule has 1 aliphatic rings. The number of hydrogen-bond donors (Lipinski definition) is 5. The van der Waals surface area contributed by atoms with Crippen molar-refractivity contribution in [3.8, 4) is 0 Å². The Morgan fingerprint density at radius 3 is 2.18 bits per heavy atom. The van der Waals surface area contributed by atoms with Crippen LogP contribution in [-0.2, 0) is 15.0 Å². The minimum absolute atomic E-state index is 0. The Morgan fingerprint density at radius 1 is 1.24 bits per heavy atom. The first-order valence-corrected chi connectivity index (χ1v) is 5.70. The van der Waals surface area contributed by atoms with E-state index >= 15 is 0 Å². The maximum atomic E-state index is 10.4. The van der Waals surface area contributed by atoms with Gasteiger partial charge in [-0.25, -0.2) is 13.1 Å². The van der Waals surface area contributed by atoms with Crippen molar-refractivity contribution in [3.63, 3.8) is 0 Å². The van der Waals surface area contributed by atoms with Gasteiger partial charge in [0.15, 0.2) is 16.6 Å². The fourth-order valence-corrected chi connectivity index (χ4v) is 1.98. The number of hydrogen-bond acceptors (Lipinski definition) is 8. The fourth-order valence-electron chi connectivity index (χ4n) is 1.39. The predicted octanol–water partition coefficient (Wildman–Crippen LogP) is -7.16. The maximum absolute atomic E-state index is 10.4. The van der Waals surface area contributed by atoms with Gasteiger partial charge in [-0.05, 0) is 0 Å². The average Bonchev–Trinajstić information content (AvgIpc) is 2.17. The van der Waals surface area contributed by atoms with Crippen molar-refractivity contribution in [1.82, 2.24) is 4.72 Å². The van der Waals surface area contributed by atoms with Gasteiger partial charge < -0.3 is 29.7 Å². The quantitative estimate of drug-likeness (QED) is 0.252. The first-order chi connectivity index (χ1) is 7.26. The van der Waals surface area contributed by atoms with Gasteiger partial charge in [0.05, 0.1) is 12.6 Å². The van der Waals surface area contributed by atoms with Gasteiger partial charge in [0.2, 0.25) is 0 Å². The van der Waals surface area contributed by atoms with E-state index in [1.165, 1.54) is 4.72 Å². The average molecular weight is 281 g/mol. The summed E-state index contributed by atoms with van der Waals surface area (Å²) in [7, 11) is -4.91. The Labute approximate surface area is 120 Å². The second-order valence-corrected chi connectivity index (χ2v) is 4.47. The molecule has 0 aromatic heterocycles. The van der Waals surface area contributed by atoms with E-state index in [0.29, 0.717) is 0 Å². The standard InChI is InChI=1S/C6H13NO8S.Na/c8-1-2-4(9)5(10)3(6(11)15-2)7-16(12,13)14;/h2-11H,1H2,(H,12,13,14);/q;+1/p-1/t2-,3-,4+,5-,6+;/m1./s1. The maximum Gasteiger partial charge on any atom is 1.00 e. The summed E-state index contributed by atoms with van der Waals surface area (Å²) in [5.74, 6) is 0. The van der Waals surface area contributed by atoms with Crippen LogP contribution in [-0.4, -0.2) is 70.6 Å². The molecule has 0 aliphatic carbocycles. The van der Waals surface area contributed by atoms with Crippen molar-refractivity contribution in [2.45, 2.75) is 30.6 Å². The predicted molar refractivity (Wildman–Crippen MR) is 46.6 cm³/mol. The molecule has 0 amide bonds. The van der Waals surface area contributed by atoms with Crippen LogP contribution in [0.25, 0.3) is 0 Å². The van der Waals surface area contributed by atoms with Crippen molar-refractivity contribution in [3.05, 3.63) is 0 Å². The third-order valence-corrected chi connectivity index (χ3v) is 2.74. The summed E-state index contributed by atoms with van der Waals surface area (Å²) in [6.07, 6.45) is -6.46. The van der Waals surface area contributed by atoms with Gasteiger partial charge in [0.1, 0.15) is 18.3 Å². The molecule has 0 spiro atoms. The van der Waals surface area contributed by atoms with Crippen molar-refractivity contribution in [2.75, 3.05) is 6.61 Å². The van der Waals surface area contributed by atoms with Crippen LogP contribution in [0.5, 0.6) is 0 Å². The normalized spacial score (nSPS) is 38.5. The van der Waals surface area contributed by atoms with Gasteiger partial charge in [-0.15, -0.1) is 0 Å². The SMILES string of the molecule is O=S(=O)([O-])N[C@@H]1[C@@H](O)[C@@H](O)[C@@H](CO)O[C@@H]1O.[Na+]. The molecule has 96 valence electrons. The number of ether oxygens (including phenoxy) is 1. The second-order valence-electron chi connectivity index (χ2n) is 3.33. The summed E-state index contributed by atoms with van der Waals surface area (Å²) in [6.45, 7) is -0.674. The van der Waals surface area contributed by atoms with Crippen LogP contribution in [0, 0.1) is 0 Å². The zero-order valence-corrected chi connectivity index (χ0v) is 11.7. The van der Waals surface area contributed by atoms with Gasteiger partial charge >= 0.3 is 29.6 Å². The van der Waals surface area contributed by atoms with Gasteiger partial charge in [0.25, 0.3) is 0 Å². The Kier molecular flexibility index (Phi) is 6.99. The third kappa shape index (κ3) is 4.69. The van der Waals surface area contributed by atoms with E-state index in [0.717, 1.165) is 0 Å². The Bertz CT molecular complexity index is 337. The summed E-state index contributed by atoms with van der Waals surface area (Å²) in [4.78, 5) is 0. The molecule has 1 aliphatic heterocycles. The molecule has 5 N–H and O–H groups in total. The smallest absolute Gasteiger partial charge is 0.735 e. The molecule has 17 heavy (non-hydrogen) atoms. The summed E-state index contributed by atoms with van der Waals surface area (Å²) in [5, 5.41) is 36.7. The fraction of sp³-hybridized carbons (Fsp3) is 1.00. The molecular weight excluding hydrogens is 269 g/mol. The Hall–Kier alpha value is 0.670. The minimum atomic E-state index is -4.91. The zero-order valence-electron chi connectivity index (χ0n) is 8.92. The first kappa shape index (κ1) is 17.7. The number of rotatable bonds is 3. The van der Waals surface area contributed by atoms with Gasteiger partial charge in [-0.3, -0.25) is 0 Å². The van der Waals surface area contributed by atoms with Crippen LogP contribution in [0.1, 0.15) is 0 Å². The number of nitrogens with one attached hydrogen (secondary N) is 1. The summed E-state index contributed by atoms with van der Waals surface area (Å²) < 4.78 is 37.1. The topological polar surface area (TPSA) is 159 Å². The van der Waals surface area contributed by atoms with Crippen LogP contribution in [0.2, 0.25) is 0 Å². The van der Waals surface area contributed by atoms with E-state index in [1.807, 2.05) is 0 Å². The molecule has 0 radical (unpaired) electrons. The van der Waals surface area contributed by atoms with Crippen LogP contribution >= 0.6 is 0 Å². The first-order valence-electron chi connectivity index (χ1n) is 4.30. The van der Waals surface area contributed by atoms with E-state index in [1.54, 1.807) is 0 Å². The van der Waals surface area contributed by atoms with Gasteiger partial charge in [0, 0.05) is 0 Å². The van der Waals surface area contributed by atoms with Crippen molar-refractivity contribution < 1.29 is 67.7 Å². The molecule has 1 fully saturated rings. The van der Waals surface area contributed by atoms with Crippen molar-refractivity contribution in [2.24, 2.45) is 0 Å². The number of aliphatic hydroxyl groups is 4.